The lowest BCUT2D eigenvalue weighted by Gasteiger charge is -2.08. The van der Waals surface area contributed by atoms with Gasteiger partial charge < -0.3 is 20.4 Å². The fraction of sp³-hybridized carbons (Fsp3) is 0.750. The summed E-state index contributed by atoms with van der Waals surface area (Å²) in [6, 6.07) is -1.19. The van der Waals surface area contributed by atoms with E-state index >= 15 is 0 Å². The van der Waals surface area contributed by atoms with Crippen molar-refractivity contribution in [3.63, 3.8) is 0 Å². The lowest BCUT2D eigenvalue weighted by atomic mass is 10.2. The van der Waals surface area contributed by atoms with Gasteiger partial charge >= 0.3 is 11.9 Å². The predicted molar refractivity (Wildman–Crippen MR) is 53.4 cm³/mol. The van der Waals surface area contributed by atoms with Crippen molar-refractivity contribution < 1.29 is 29.4 Å². The highest BCUT2D eigenvalue weighted by Gasteiger charge is 2.17. The number of carbonyl (C=O) groups is 2. The van der Waals surface area contributed by atoms with Crippen molar-refractivity contribution in [3.05, 3.63) is 10.1 Å². The summed E-state index contributed by atoms with van der Waals surface area (Å²) in [5.74, 6) is -1.99. The molecule has 9 heteroatoms. The van der Waals surface area contributed by atoms with Crippen molar-refractivity contribution in [1.82, 2.24) is 0 Å². The Balaban J connectivity index is 3.51. The third-order valence-electron chi connectivity index (χ3n) is 1.68. The zero-order chi connectivity index (χ0) is 13.3. The second-order valence-electron chi connectivity index (χ2n) is 3.14. The molecule has 0 aromatic heterocycles. The summed E-state index contributed by atoms with van der Waals surface area (Å²) in [4.78, 5) is 35.1. The zero-order valence-corrected chi connectivity index (χ0v) is 9.03. The van der Waals surface area contributed by atoms with Crippen LogP contribution in [0.25, 0.3) is 0 Å². The normalized spacial score (nSPS) is 11.6. The Morgan fingerprint density at radius 2 is 1.94 bits per heavy atom. The van der Waals surface area contributed by atoms with Crippen LogP contribution in [0, 0.1) is 10.1 Å². The van der Waals surface area contributed by atoms with Crippen LogP contribution >= 0.6 is 0 Å². The maximum Gasteiger partial charge on any atom is 0.323 e. The van der Waals surface area contributed by atoms with E-state index in [0.717, 1.165) is 0 Å². The lowest BCUT2D eigenvalue weighted by Crippen LogP contribution is -2.34. The molecule has 0 amide bonds. The summed E-state index contributed by atoms with van der Waals surface area (Å²) in [6.07, 6.45) is 0.227. The van der Waals surface area contributed by atoms with Crippen LogP contribution in [0.2, 0.25) is 0 Å². The average molecular weight is 250 g/mol. The molecule has 17 heavy (non-hydrogen) atoms. The van der Waals surface area contributed by atoms with E-state index < -0.39 is 29.5 Å². The first kappa shape index (κ1) is 15.1. The van der Waals surface area contributed by atoms with Gasteiger partial charge in [0, 0.05) is 0 Å². The van der Waals surface area contributed by atoms with E-state index in [0.29, 0.717) is 12.8 Å². The molecule has 9 nitrogen and oxygen atoms in total. The summed E-state index contributed by atoms with van der Waals surface area (Å²) in [6.45, 7) is -0.0566. The van der Waals surface area contributed by atoms with Gasteiger partial charge in [-0.25, -0.2) is 0 Å². The Hall–Kier alpha value is -1.90. The average Bonchev–Trinajstić information content (AvgIpc) is 2.21. The predicted octanol–water partition coefficient (Wildman–Crippen LogP) is -0.680. The molecule has 3 N–H and O–H groups in total. The molecule has 0 fully saturated rings. The van der Waals surface area contributed by atoms with E-state index in [-0.39, 0.29) is 13.2 Å². The van der Waals surface area contributed by atoms with Gasteiger partial charge in [-0.2, -0.15) is 0 Å². The van der Waals surface area contributed by atoms with Gasteiger partial charge in [-0.1, -0.05) is 0 Å². The molecule has 0 saturated carbocycles. The number of carboxylic acids is 1. The Bertz CT molecular complexity index is 281. The number of ether oxygens (including phenoxy) is 1. The van der Waals surface area contributed by atoms with Crippen molar-refractivity contribution in [1.29, 1.82) is 0 Å². The third kappa shape index (κ3) is 9.05. The van der Waals surface area contributed by atoms with Gasteiger partial charge in [0.2, 0.25) is 0 Å². The number of carbonyl (C=O) groups excluding carboxylic acids is 1. The molecule has 0 spiro atoms. The van der Waals surface area contributed by atoms with E-state index in [1.807, 2.05) is 0 Å². The highest BCUT2D eigenvalue weighted by molar-refractivity contribution is 5.81. The summed E-state index contributed by atoms with van der Waals surface area (Å²) in [5.41, 5.74) is 5.23. The molecule has 0 aliphatic heterocycles. The standard InChI is InChI=1S/C8H14N2O7/c9-6(5-7(11)12)8(13)16-3-1-2-4-17-10(14)15/h6H,1-5,9H2,(H,11,12). The van der Waals surface area contributed by atoms with Gasteiger partial charge in [0.25, 0.3) is 5.09 Å². The SMILES string of the molecule is NC(CC(=O)O)C(=O)OCCCCO[N+](=O)[O-]. The monoisotopic (exact) mass is 250 g/mol. The minimum Gasteiger partial charge on any atom is -0.481 e. The summed E-state index contributed by atoms with van der Waals surface area (Å²) in [7, 11) is 0. The molecular formula is C8H14N2O7. The highest BCUT2D eigenvalue weighted by Crippen LogP contribution is 1.96. The van der Waals surface area contributed by atoms with Crippen molar-refractivity contribution >= 4 is 11.9 Å². The summed E-state index contributed by atoms with van der Waals surface area (Å²) >= 11 is 0. The molecule has 0 heterocycles. The van der Waals surface area contributed by atoms with Gasteiger partial charge in [-0.05, 0) is 12.8 Å². The van der Waals surface area contributed by atoms with Crippen LogP contribution in [0.15, 0.2) is 0 Å². The molecule has 0 rings (SSSR count). The molecular weight excluding hydrogens is 236 g/mol. The van der Waals surface area contributed by atoms with Crippen LogP contribution in [0.3, 0.4) is 0 Å². The van der Waals surface area contributed by atoms with E-state index in [4.69, 9.17) is 10.8 Å². The van der Waals surface area contributed by atoms with Crippen molar-refractivity contribution in [3.8, 4) is 0 Å². The van der Waals surface area contributed by atoms with Crippen LogP contribution < -0.4 is 5.73 Å². The summed E-state index contributed by atoms with van der Waals surface area (Å²) < 4.78 is 4.66. The van der Waals surface area contributed by atoms with E-state index in [1.165, 1.54) is 0 Å². The van der Waals surface area contributed by atoms with Crippen LogP contribution in [-0.2, 0) is 19.2 Å². The molecule has 0 aromatic rings. The van der Waals surface area contributed by atoms with Gasteiger partial charge in [-0.15, -0.1) is 10.1 Å². The Morgan fingerprint density at radius 1 is 1.35 bits per heavy atom. The maximum absolute atomic E-state index is 11.1. The molecule has 0 aromatic carbocycles. The second kappa shape index (κ2) is 8.28. The Morgan fingerprint density at radius 3 is 2.47 bits per heavy atom. The van der Waals surface area contributed by atoms with Gasteiger partial charge in [0.1, 0.15) is 6.04 Å². The topological polar surface area (TPSA) is 142 Å². The van der Waals surface area contributed by atoms with Crippen LogP contribution in [0.5, 0.6) is 0 Å². The largest absolute Gasteiger partial charge is 0.481 e. The number of esters is 1. The smallest absolute Gasteiger partial charge is 0.323 e. The Labute approximate surface area is 96.6 Å². The second-order valence-corrected chi connectivity index (χ2v) is 3.14. The molecule has 98 valence electrons. The van der Waals surface area contributed by atoms with Crippen LogP contribution in [-0.4, -0.2) is 41.4 Å². The minimum absolute atomic E-state index is 0.0211. The highest BCUT2D eigenvalue weighted by atomic mass is 16.9. The van der Waals surface area contributed by atoms with Crippen LogP contribution in [0.1, 0.15) is 19.3 Å². The van der Waals surface area contributed by atoms with Crippen molar-refractivity contribution in [2.75, 3.05) is 13.2 Å². The van der Waals surface area contributed by atoms with Crippen LogP contribution in [0.4, 0.5) is 0 Å². The number of hydrogen-bond donors (Lipinski definition) is 2. The number of unbranched alkanes of at least 4 members (excludes halogenated alkanes) is 1. The van der Waals surface area contributed by atoms with Gasteiger partial charge in [-0.3, -0.25) is 9.59 Å². The summed E-state index contributed by atoms with van der Waals surface area (Å²) in [5, 5.41) is 17.2. The number of aliphatic carboxylic acids is 1. The lowest BCUT2D eigenvalue weighted by molar-refractivity contribution is -0.757. The fourth-order valence-corrected chi connectivity index (χ4v) is 0.894. The number of hydrogen-bond acceptors (Lipinski definition) is 7. The van der Waals surface area contributed by atoms with Crippen molar-refractivity contribution in [2.24, 2.45) is 5.73 Å². The van der Waals surface area contributed by atoms with E-state index in [1.54, 1.807) is 0 Å². The first-order valence-electron chi connectivity index (χ1n) is 4.84. The molecule has 0 aliphatic carbocycles. The quantitative estimate of drug-likeness (QED) is 0.237. The zero-order valence-electron chi connectivity index (χ0n) is 9.03. The van der Waals surface area contributed by atoms with Gasteiger partial charge in [0.15, 0.2) is 0 Å². The Kier molecular flexibility index (Phi) is 7.35. The van der Waals surface area contributed by atoms with Crippen molar-refractivity contribution in [2.45, 2.75) is 25.3 Å². The van der Waals surface area contributed by atoms with E-state index in [9.17, 15) is 19.7 Å². The molecule has 0 saturated heterocycles. The van der Waals surface area contributed by atoms with E-state index in [2.05, 4.69) is 9.57 Å². The molecule has 0 bridgehead atoms. The number of nitrogens with two attached hydrogens (primary N) is 1. The third-order valence-corrected chi connectivity index (χ3v) is 1.68. The van der Waals surface area contributed by atoms with Gasteiger partial charge in [0.05, 0.1) is 19.6 Å². The molecule has 1 atom stereocenters. The number of nitrogens with zero attached hydrogens (tertiary/aromatic N) is 1. The molecule has 0 radical (unpaired) electrons. The first-order valence-corrected chi connectivity index (χ1v) is 4.84. The first-order chi connectivity index (χ1) is 7.93. The molecule has 1 unspecified atom stereocenters. The molecule has 0 aliphatic rings. The number of carboxylic acid groups (broad SMARTS) is 1. The maximum atomic E-state index is 11.1. The minimum atomic E-state index is -1.19. The number of rotatable bonds is 9. The fourth-order valence-electron chi connectivity index (χ4n) is 0.894.